The molecule has 4 N–H and O–H groups in total. The molecule has 0 bridgehead atoms. The van der Waals surface area contributed by atoms with Gasteiger partial charge in [0.15, 0.2) is 5.79 Å². The number of aliphatic hydroxyl groups is 1. The molecule has 2 aromatic heterocycles. The Morgan fingerprint density at radius 3 is 1.93 bits per heavy atom. The minimum atomic E-state index is -1.64. The zero-order chi connectivity index (χ0) is 48.7. The van der Waals surface area contributed by atoms with Crippen LogP contribution in [-0.2, 0) is 48.2 Å². The predicted molar refractivity (Wildman–Crippen MR) is 260 cm³/mol. The molecular formula is C51H62N6O11S. The molecule has 2 aromatic carbocycles. The van der Waals surface area contributed by atoms with Gasteiger partial charge in [-0.25, -0.2) is 19.6 Å². The van der Waals surface area contributed by atoms with Crippen molar-refractivity contribution in [3.05, 3.63) is 124 Å². The maximum Gasteiger partial charge on any atom is 0.354 e. The molecule has 2 aliphatic heterocycles. The van der Waals surface area contributed by atoms with E-state index in [1.54, 1.807) is 29.2 Å². The summed E-state index contributed by atoms with van der Waals surface area (Å²) in [5.74, 6) is 3.20. The number of thioether (sulfide) groups is 1. The van der Waals surface area contributed by atoms with Crippen molar-refractivity contribution in [3.63, 3.8) is 0 Å². The molecule has 4 aromatic rings. The largest absolute Gasteiger partial charge is 0.477 e. The summed E-state index contributed by atoms with van der Waals surface area (Å²) in [4.78, 5) is 63.9. The zero-order valence-electron chi connectivity index (χ0n) is 38.9. The second-order valence-electron chi connectivity index (χ2n) is 16.6. The van der Waals surface area contributed by atoms with Crippen molar-refractivity contribution in [1.29, 1.82) is 0 Å². The molecule has 4 heterocycles. The lowest BCUT2D eigenvalue weighted by molar-refractivity contribution is -0.218. The van der Waals surface area contributed by atoms with Gasteiger partial charge in [-0.3, -0.25) is 19.4 Å². The van der Waals surface area contributed by atoms with Gasteiger partial charge in [-0.15, -0.1) is 0 Å². The molecule has 18 heteroatoms. The van der Waals surface area contributed by atoms with Gasteiger partial charge in [-0.1, -0.05) is 60.7 Å². The fourth-order valence-corrected chi connectivity index (χ4v) is 8.65. The summed E-state index contributed by atoms with van der Waals surface area (Å²) in [5, 5.41) is 33.7. The van der Waals surface area contributed by atoms with Gasteiger partial charge in [0.25, 0.3) is 0 Å². The Labute approximate surface area is 407 Å². The number of fused-ring (bicyclic) bond motifs is 2. The quantitative estimate of drug-likeness (QED) is 0.0835. The number of hydrogen-bond acceptors (Lipinski definition) is 14. The van der Waals surface area contributed by atoms with Crippen molar-refractivity contribution >= 4 is 41.2 Å². The summed E-state index contributed by atoms with van der Waals surface area (Å²) in [5.41, 5.74) is 4.42. The van der Waals surface area contributed by atoms with E-state index in [0.29, 0.717) is 90.2 Å². The van der Waals surface area contributed by atoms with Crippen LogP contribution in [0.15, 0.2) is 84.9 Å². The van der Waals surface area contributed by atoms with Gasteiger partial charge in [0.1, 0.15) is 18.0 Å². The number of unbranched alkanes of at least 4 members (excludes halogenated alkanes) is 2. The van der Waals surface area contributed by atoms with Gasteiger partial charge in [-0.2, -0.15) is 11.8 Å². The van der Waals surface area contributed by atoms with Gasteiger partial charge >= 0.3 is 11.9 Å². The number of carbonyl (C=O) groups is 4. The van der Waals surface area contributed by atoms with Crippen LogP contribution in [0, 0.1) is 11.8 Å². The van der Waals surface area contributed by atoms with E-state index in [4.69, 9.17) is 18.9 Å². The summed E-state index contributed by atoms with van der Waals surface area (Å²) >= 11 is 1.54. The normalized spacial score (nSPS) is 17.9. The Balaban J connectivity index is 0.969. The van der Waals surface area contributed by atoms with Gasteiger partial charge in [0.05, 0.1) is 63.3 Å². The van der Waals surface area contributed by atoms with Crippen molar-refractivity contribution in [1.82, 2.24) is 25.1 Å². The average molecular weight is 967 g/mol. The maximum atomic E-state index is 13.5. The summed E-state index contributed by atoms with van der Waals surface area (Å²) in [6.07, 6.45) is 2.57. The van der Waals surface area contributed by atoms with Crippen LogP contribution in [0.1, 0.15) is 81.2 Å². The second kappa shape index (κ2) is 28.0. The monoisotopic (exact) mass is 966 g/mol. The average Bonchev–Trinajstić information content (AvgIpc) is 3.34. The third-order valence-electron chi connectivity index (χ3n) is 11.3. The van der Waals surface area contributed by atoms with E-state index in [0.717, 1.165) is 47.4 Å². The number of amides is 2. The van der Waals surface area contributed by atoms with E-state index >= 15 is 0 Å². The van der Waals surface area contributed by atoms with Crippen molar-refractivity contribution in [2.45, 2.75) is 57.5 Å². The predicted octanol–water partition coefficient (Wildman–Crippen LogP) is 4.69. The Morgan fingerprint density at radius 2 is 1.26 bits per heavy atom. The van der Waals surface area contributed by atoms with E-state index in [1.165, 1.54) is 23.9 Å². The summed E-state index contributed by atoms with van der Waals surface area (Å²) in [6, 6.07) is 25.1. The number of carboxylic acids is 2. The van der Waals surface area contributed by atoms with Crippen LogP contribution in [0.25, 0.3) is 0 Å². The van der Waals surface area contributed by atoms with E-state index in [-0.39, 0.29) is 61.6 Å². The van der Waals surface area contributed by atoms with E-state index in [1.807, 2.05) is 58.3 Å². The highest BCUT2D eigenvalue weighted by atomic mass is 32.2. The number of para-hydroxylation sites is 1. The Kier molecular flexibility index (Phi) is 21.4. The molecule has 0 radical (unpaired) electrons. The Hall–Kier alpha value is -5.75. The number of aromatic nitrogens is 2. The molecule has 69 heavy (non-hydrogen) atoms. The van der Waals surface area contributed by atoms with Gasteiger partial charge in [0.2, 0.25) is 11.8 Å². The summed E-state index contributed by atoms with van der Waals surface area (Å²) < 4.78 is 24.0. The van der Waals surface area contributed by atoms with Crippen LogP contribution in [0.4, 0.5) is 5.69 Å². The number of anilines is 1. The van der Waals surface area contributed by atoms with Crippen molar-refractivity contribution in [2.24, 2.45) is 0 Å². The number of benzene rings is 2. The number of nitrogens with zero attached hydrogens (tertiary/aromatic N) is 5. The van der Waals surface area contributed by atoms with Crippen molar-refractivity contribution in [3.8, 4) is 11.8 Å². The van der Waals surface area contributed by atoms with Crippen molar-refractivity contribution in [2.75, 3.05) is 95.4 Å². The van der Waals surface area contributed by atoms with Crippen LogP contribution in [0.2, 0.25) is 0 Å². The maximum absolute atomic E-state index is 13.5. The molecule has 0 aliphatic carbocycles. The third kappa shape index (κ3) is 17.9. The molecule has 17 nitrogen and oxygen atoms in total. The fraction of sp³-hybridized carbons (Fsp3) is 0.451. The Bertz CT molecular complexity index is 2380. The van der Waals surface area contributed by atoms with Gasteiger partial charge in [-0.05, 0) is 66.6 Å². The summed E-state index contributed by atoms with van der Waals surface area (Å²) in [7, 11) is 0. The Morgan fingerprint density at radius 1 is 0.667 bits per heavy atom. The molecule has 0 spiro atoms. The number of nitrogens with one attached hydrogen (secondary N) is 1. The number of ether oxygens (including phenoxy) is 4. The minimum Gasteiger partial charge on any atom is -0.477 e. The molecule has 368 valence electrons. The second-order valence-corrected chi connectivity index (χ2v) is 17.7. The molecule has 2 amide bonds. The highest BCUT2D eigenvalue weighted by Crippen LogP contribution is 2.26. The number of carboxylic acid groups (broad SMARTS) is 2. The first-order chi connectivity index (χ1) is 33.5. The zero-order valence-corrected chi connectivity index (χ0v) is 39.7. The minimum absolute atomic E-state index is 0.0385. The number of pyridine rings is 2. The van der Waals surface area contributed by atoms with Crippen LogP contribution in [0.3, 0.4) is 0 Å². The highest BCUT2D eigenvalue weighted by molar-refractivity contribution is 7.99. The van der Waals surface area contributed by atoms with E-state index < -0.39 is 17.7 Å². The van der Waals surface area contributed by atoms with Gasteiger partial charge < -0.3 is 44.5 Å². The number of hydrogen-bond donors (Lipinski definition) is 4. The molecule has 1 saturated heterocycles. The first kappa shape index (κ1) is 52.6. The van der Waals surface area contributed by atoms with Crippen LogP contribution < -0.4 is 10.2 Å². The van der Waals surface area contributed by atoms with E-state index in [9.17, 15) is 34.5 Å². The SMILES string of the molecule is O=C(CCC(=O)N1Cc2ccccc2C#Cc2ccccc21)NCCCCCSC[C@@]1(O)COCCN(Cc2cccc(C(=O)O)n2)CCOCCOCCN(Cc2cccc(C(=O)O)n2)CCO1. The number of rotatable bonds is 17. The lowest BCUT2D eigenvalue weighted by Gasteiger charge is -2.30. The van der Waals surface area contributed by atoms with Crippen LogP contribution in [0.5, 0.6) is 0 Å². The van der Waals surface area contributed by atoms with E-state index in [2.05, 4.69) is 27.1 Å². The van der Waals surface area contributed by atoms with Crippen LogP contribution in [-0.4, -0.2) is 155 Å². The van der Waals surface area contributed by atoms with Gasteiger partial charge in [0, 0.05) is 75.5 Å². The molecular weight excluding hydrogens is 905 g/mol. The molecule has 6 rings (SSSR count). The summed E-state index contributed by atoms with van der Waals surface area (Å²) in [6.45, 7) is 5.15. The third-order valence-corrected chi connectivity index (χ3v) is 12.5. The fourth-order valence-electron chi connectivity index (χ4n) is 7.61. The lowest BCUT2D eigenvalue weighted by Crippen LogP contribution is -2.44. The molecule has 0 saturated carbocycles. The first-order valence-corrected chi connectivity index (χ1v) is 24.5. The molecule has 1 fully saturated rings. The topological polar surface area (TPSA) is 213 Å². The smallest absolute Gasteiger partial charge is 0.354 e. The molecule has 0 unspecified atom stereocenters. The highest BCUT2D eigenvalue weighted by Gasteiger charge is 2.29. The lowest BCUT2D eigenvalue weighted by atomic mass is 10.0. The van der Waals surface area contributed by atoms with Crippen LogP contribution >= 0.6 is 11.8 Å². The standard InChI is InChI=1S/C51H62N6O11S/c58-47(20-21-48(59)57-34-41-12-3-2-10-39(41)18-19-40-11-4-5-17-46(40)57)52-22-6-1-7-33-69-38-51(64)37-67-29-25-55(35-42-13-8-15-44(53-42)49(60)61)23-27-65-31-32-66-28-24-56(26-30-68-51)36-43-14-9-16-45(54-43)50(62)63/h2-5,8-17,64H,1,6-7,20-38H2,(H,52,58)(H,60,61)(H,62,63)/t51-/m1/s1. The number of carbonyl (C=O) groups excluding carboxylic acids is 2. The molecule has 1 atom stereocenters. The van der Waals surface area contributed by atoms with Crippen molar-refractivity contribution < 1.29 is 53.4 Å². The molecule has 2 aliphatic rings. The number of aromatic carboxylic acids is 2. The first-order valence-electron chi connectivity index (χ1n) is 23.3.